The van der Waals surface area contributed by atoms with Gasteiger partial charge in [-0.1, -0.05) is 30.3 Å². The molecule has 1 aromatic carbocycles. The summed E-state index contributed by atoms with van der Waals surface area (Å²) in [6, 6.07) is 9.12. The van der Waals surface area contributed by atoms with Crippen molar-refractivity contribution in [2.45, 2.75) is 19.6 Å². The highest BCUT2D eigenvalue weighted by Gasteiger charge is 2.34. The number of ether oxygens (including phenoxy) is 2. The van der Waals surface area contributed by atoms with Crippen LogP contribution in [0.3, 0.4) is 0 Å². The summed E-state index contributed by atoms with van der Waals surface area (Å²) in [4.78, 5) is 29.9. The summed E-state index contributed by atoms with van der Waals surface area (Å²) in [6.07, 6.45) is -1.55. The molecular formula is C17H23NO6. The Kier molecular flexibility index (Phi) is 7.33. The molecule has 0 radical (unpaired) electrons. The Balaban J connectivity index is 2.03. The highest BCUT2D eigenvalue weighted by molar-refractivity contribution is 6.00. The van der Waals surface area contributed by atoms with Crippen molar-refractivity contribution in [2.24, 2.45) is 5.92 Å². The zero-order valence-corrected chi connectivity index (χ0v) is 13.7. The first kappa shape index (κ1) is 18.5. The van der Waals surface area contributed by atoms with E-state index in [4.69, 9.17) is 14.3 Å². The molecule has 1 fully saturated rings. The van der Waals surface area contributed by atoms with Crippen LogP contribution in [0.25, 0.3) is 0 Å². The van der Waals surface area contributed by atoms with E-state index < -0.39 is 24.0 Å². The van der Waals surface area contributed by atoms with Gasteiger partial charge in [0.05, 0.1) is 19.8 Å². The first-order chi connectivity index (χ1) is 11.6. The van der Waals surface area contributed by atoms with Gasteiger partial charge in [-0.05, 0) is 18.9 Å². The zero-order chi connectivity index (χ0) is 17.4. The fourth-order valence-corrected chi connectivity index (χ4v) is 2.41. The Hall–Kier alpha value is -1.80. The van der Waals surface area contributed by atoms with Crippen molar-refractivity contribution in [3.05, 3.63) is 35.9 Å². The van der Waals surface area contributed by atoms with Crippen LogP contribution in [0.4, 0.5) is 0 Å². The lowest BCUT2D eigenvalue weighted by Crippen LogP contribution is -2.44. The Labute approximate surface area is 141 Å². The predicted molar refractivity (Wildman–Crippen MR) is 84.8 cm³/mol. The summed E-state index contributed by atoms with van der Waals surface area (Å²) in [7, 11) is 0. The molecule has 2 atom stereocenters. The van der Waals surface area contributed by atoms with Crippen LogP contribution in [0.1, 0.15) is 12.5 Å². The standard InChI is InChI=1S/C17H23NO6/c1-2-23-16(20)14(12-13-6-4-3-5-7-13)15(19)17(21)24-18-8-10-22-11-9-18/h3-7,14,17,21H,2,8-12H2,1H3/t14-,17?/m1/s1. The van der Waals surface area contributed by atoms with Crippen molar-refractivity contribution in [2.75, 3.05) is 32.9 Å². The average molecular weight is 337 g/mol. The third-order valence-electron chi connectivity index (χ3n) is 3.66. The number of hydrogen-bond donors (Lipinski definition) is 1. The first-order valence-electron chi connectivity index (χ1n) is 8.03. The van der Waals surface area contributed by atoms with Gasteiger partial charge in [0.2, 0.25) is 12.1 Å². The molecule has 0 spiro atoms. The highest BCUT2D eigenvalue weighted by Crippen LogP contribution is 2.15. The van der Waals surface area contributed by atoms with Gasteiger partial charge in [0, 0.05) is 13.1 Å². The molecular weight excluding hydrogens is 314 g/mol. The second-order valence-corrected chi connectivity index (χ2v) is 5.40. The minimum Gasteiger partial charge on any atom is -0.465 e. The molecule has 0 aromatic heterocycles. The van der Waals surface area contributed by atoms with E-state index in [0.29, 0.717) is 26.3 Å². The largest absolute Gasteiger partial charge is 0.465 e. The smallest absolute Gasteiger partial charge is 0.317 e. The molecule has 0 amide bonds. The van der Waals surface area contributed by atoms with E-state index in [-0.39, 0.29) is 13.0 Å². The van der Waals surface area contributed by atoms with E-state index in [1.165, 1.54) is 5.06 Å². The lowest BCUT2D eigenvalue weighted by Gasteiger charge is -2.28. The van der Waals surface area contributed by atoms with Crippen LogP contribution >= 0.6 is 0 Å². The van der Waals surface area contributed by atoms with Gasteiger partial charge in [0.15, 0.2) is 0 Å². The number of hydrogen-bond acceptors (Lipinski definition) is 7. The number of aliphatic hydroxyl groups excluding tert-OH is 1. The van der Waals surface area contributed by atoms with E-state index in [9.17, 15) is 14.7 Å². The SMILES string of the molecule is CCOC(=O)[C@H](Cc1ccccc1)C(=O)C(O)ON1CCOCC1. The van der Waals surface area contributed by atoms with Crippen LogP contribution in [-0.4, -0.2) is 61.1 Å². The predicted octanol–water partition coefficient (Wildman–Crippen LogP) is 0.560. The van der Waals surface area contributed by atoms with E-state index in [1.807, 2.05) is 30.3 Å². The third kappa shape index (κ3) is 5.38. The van der Waals surface area contributed by atoms with Crippen molar-refractivity contribution >= 4 is 11.8 Å². The van der Waals surface area contributed by atoms with Crippen LogP contribution < -0.4 is 0 Å². The molecule has 132 valence electrons. The second-order valence-electron chi connectivity index (χ2n) is 5.40. The third-order valence-corrected chi connectivity index (χ3v) is 3.66. The Morgan fingerprint density at radius 3 is 2.54 bits per heavy atom. The Bertz CT molecular complexity index is 529. The number of carbonyl (C=O) groups excluding carboxylic acids is 2. The maximum Gasteiger partial charge on any atom is 0.317 e. The van der Waals surface area contributed by atoms with Crippen LogP contribution in [0.15, 0.2) is 30.3 Å². The van der Waals surface area contributed by atoms with Crippen LogP contribution in [0, 0.1) is 5.92 Å². The molecule has 1 unspecified atom stereocenters. The van der Waals surface area contributed by atoms with Gasteiger partial charge in [-0.15, -0.1) is 0 Å². The van der Waals surface area contributed by atoms with Gasteiger partial charge in [-0.25, -0.2) is 0 Å². The number of esters is 1. The van der Waals surface area contributed by atoms with Crippen molar-refractivity contribution in [3.8, 4) is 0 Å². The van der Waals surface area contributed by atoms with Gasteiger partial charge in [-0.3, -0.25) is 14.4 Å². The number of carbonyl (C=O) groups is 2. The summed E-state index contributed by atoms with van der Waals surface area (Å²) >= 11 is 0. The van der Waals surface area contributed by atoms with Gasteiger partial charge in [0.25, 0.3) is 0 Å². The number of morpholine rings is 1. The van der Waals surface area contributed by atoms with Gasteiger partial charge < -0.3 is 14.6 Å². The molecule has 24 heavy (non-hydrogen) atoms. The highest BCUT2D eigenvalue weighted by atomic mass is 16.8. The molecule has 1 aromatic rings. The molecule has 0 aliphatic carbocycles. The van der Waals surface area contributed by atoms with Crippen LogP contribution in [0.2, 0.25) is 0 Å². The lowest BCUT2D eigenvalue weighted by atomic mass is 9.95. The summed E-state index contributed by atoms with van der Waals surface area (Å²) in [5.41, 5.74) is 0.808. The average Bonchev–Trinajstić information content (AvgIpc) is 2.61. The number of benzene rings is 1. The number of nitrogens with zero attached hydrogens (tertiary/aromatic N) is 1. The van der Waals surface area contributed by atoms with Crippen molar-refractivity contribution in [1.82, 2.24) is 5.06 Å². The summed E-state index contributed by atoms with van der Waals surface area (Å²) in [5, 5.41) is 11.5. The Morgan fingerprint density at radius 2 is 1.92 bits per heavy atom. The van der Waals surface area contributed by atoms with Crippen LogP contribution in [0.5, 0.6) is 0 Å². The maximum absolute atomic E-state index is 12.5. The summed E-state index contributed by atoms with van der Waals surface area (Å²) in [5.74, 6) is -2.47. The molecule has 0 bridgehead atoms. The Morgan fingerprint density at radius 1 is 1.25 bits per heavy atom. The van der Waals surface area contributed by atoms with E-state index in [0.717, 1.165) is 5.56 Å². The van der Waals surface area contributed by atoms with Crippen molar-refractivity contribution in [3.63, 3.8) is 0 Å². The fourth-order valence-electron chi connectivity index (χ4n) is 2.41. The molecule has 1 heterocycles. The molecule has 0 saturated carbocycles. The van der Waals surface area contributed by atoms with Crippen LogP contribution in [-0.2, 0) is 30.3 Å². The molecule has 7 nitrogen and oxygen atoms in total. The summed E-state index contributed by atoms with van der Waals surface area (Å²) in [6.45, 7) is 3.67. The number of Topliss-reactive ketones (excluding diaryl/α,β-unsaturated/α-hetero) is 1. The number of rotatable bonds is 8. The molecule has 1 saturated heterocycles. The van der Waals surface area contributed by atoms with Gasteiger partial charge in [0.1, 0.15) is 5.92 Å². The molecule has 1 aliphatic heterocycles. The van der Waals surface area contributed by atoms with E-state index in [2.05, 4.69) is 0 Å². The minimum absolute atomic E-state index is 0.155. The number of aliphatic hydroxyl groups is 1. The molecule has 1 N–H and O–H groups in total. The number of hydroxylamine groups is 2. The van der Waals surface area contributed by atoms with Gasteiger partial charge in [-0.2, -0.15) is 5.06 Å². The summed E-state index contributed by atoms with van der Waals surface area (Å²) < 4.78 is 10.2. The van der Waals surface area contributed by atoms with E-state index in [1.54, 1.807) is 6.92 Å². The minimum atomic E-state index is -1.71. The second kappa shape index (κ2) is 9.48. The first-order valence-corrected chi connectivity index (χ1v) is 8.03. The fraction of sp³-hybridized carbons (Fsp3) is 0.529. The zero-order valence-electron chi connectivity index (χ0n) is 13.7. The lowest BCUT2D eigenvalue weighted by molar-refractivity contribution is -0.272. The monoisotopic (exact) mass is 337 g/mol. The molecule has 2 rings (SSSR count). The van der Waals surface area contributed by atoms with Gasteiger partial charge >= 0.3 is 5.97 Å². The number of ketones is 1. The molecule has 7 heteroatoms. The maximum atomic E-state index is 12.5. The van der Waals surface area contributed by atoms with E-state index >= 15 is 0 Å². The topological polar surface area (TPSA) is 85.3 Å². The quantitative estimate of drug-likeness (QED) is 0.421. The van der Waals surface area contributed by atoms with Crippen molar-refractivity contribution in [1.29, 1.82) is 0 Å². The van der Waals surface area contributed by atoms with Crippen molar-refractivity contribution < 1.29 is 29.0 Å². The normalized spacial score (nSPS) is 17.9. The molecule has 1 aliphatic rings.